The second-order valence-corrected chi connectivity index (χ2v) is 7.56. The molecule has 2 amide bonds. The van der Waals surface area contributed by atoms with Gasteiger partial charge in [0.2, 0.25) is 0 Å². The number of nitrogen functional groups attached to an aromatic ring is 1. The summed E-state index contributed by atoms with van der Waals surface area (Å²) in [5.74, 6) is -1.42. The maximum Gasteiger partial charge on any atom is 0.418 e. The molecule has 3 heterocycles. The highest BCUT2D eigenvalue weighted by atomic mass is 35.5. The Morgan fingerprint density at radius 3 is 2.55 bits per heavy atom. The number of hydrogen-bond acceptors (Lipinski definition) is 8. The van der Waals surface area contributed by atoms with Crippen molar-refractivity contribution in [3.63, 3.8) is 0 Å². The molecule has 14 heteroatoms. The van der Waals surface area contributed by atoms with E-state index in [0.717, 1.165) is 23.9 Å². The van der Waals surface area contributed by atoms with E-state index in [1.807, 2.05) is 0 Å². The lowest BCUT2D eigenvalue weighted by atomic mass is 10.2. The third-order valence-corrected chi connectivity index (χ3v) is 5.27. The van der Waals surface area contributed by atoms with Gasteiger partial charge in [0.1, 0.15) is 33.5 Å². The Kier molecular flexibility index (Phi) is 6.36. The van der Waals surface area contributed by atoms with Gasteiger partial charge in [-0.15, -0.1) is 11.3 Å². The molecule has 0 aliphatic carbocycles. The largest absolute Gasteiger partial charge is 0.418 e. The van der Waals surface area contributed by atoms with Gasteiger partial charge < -0.3 is 16.4 Å². The molecule has 0 aliphatic rings. The molecular formula is C17H13ClF3N7O2S. The van der Waals surface area contributed by atoms with Crippen molar-refractivity contribution in [3.05, 3.63) is 57.0 Å². The Morgan fingerprint density at radius 2 is 1.87 bits per heavy atom. The highest BCUT2D eigenvalue weighted by Gasteiger charge is 2.34. The number of amides is 2. The van der Waals surface area contributed by atoms with Crippen molar-refractivity contribution in [2.24, 2.45) is 0 Å². The van der Waals surface area contributed by atoms with Gasteiger partial charge in [-0.25, -0.2) is 19.9 Å². The number of anilines is 2. The Morgan fingerprint density at radius 1 is 1.13 bits per heavy atom. The van der Waals surface area contributed by atoms with Gasteiger partial charge in [0.15, 0.2) is 0 Å². The molecule has 3 aromatic heterocycles. The van der Waals surface area contributed by atoms with Gasteiger partial charge in [-0.3, -0.25) is 9.59 Å². The zero-order valence-electron chi connectivity index (χ0n) is 15.6. The van der Waals surface area contributed by atoms with E-state index in [0.29, 0.717) is 11.1 Å². The zero-order chi connectivity index (χ0) is 22.8. The summed E-state index contributed by atoms with van der Waals surface area (Å²) in [7, 11) is 0. The average Bonchev–Trinajstić information content (AvgIpc) is 3.19. The van der Waals surface area contributed by atoms with Crippen molar-refractivity contribution in [2.45, 2.75) is 19.1 Å². The normalized spacial score (nSPS) is 12.3. The lowest BCUT2D eigenvalue weighted by Crippen LogP contribution is -2.27. The van der Waals surface area contributed by atoms with Crippen molar-refractivity contribution in [3.8, 4) is 0 Å². The number of nitrogens with one attached hydrogen (secondary N) is 2. The van der Waals surface area contributed by atoms with Gasteiger partial charge in [0, 0.05) is 12.3 Å². The second-order valence-electron chi connectivity index (χ2n) is 6.09. The van der Waals surface area contributed by atoms with E-state index in [2.05, 4.69) is 30.6 Å². The molecule has 0 unspecified atom stereocenters. The maximum absolute atomic E-state index is 12.9. The Balaban J connectivity index is 1.69. The molecule has 0 aromatic carbocycles. The van der Waals surface area contributed by atoms with Crippen molar-refractivity contribution in [2.75, 3.05) is 11.1 Å². The minimum Gasteiger partial charge on any atom is -0.384 e. The number of hydrogen-bond donors (Lipinski definition) is 3. The Hall–Kier alpha value is -3.32. The van der Waals surface area contributed by atoms with Crippen molar-refractivity contribution in [1.82, 2.24) is 25.3 Å². The molecule has 31 heavy (non-hydrogen) atoms. The first-order valence-corrected chi connectivity index (χ1v) is 9.62. The molecule has 4 N–H and O–H groups in total. The minimum absolute atomic E-state index is 0.0585. The molecule has 0 fully saturated rings. The molecule has 1 atom stereocenters. The number of aromatic nitrogens is 4. The van der Waals surface area contributed by atoms with Crippen molar-refractivity contribution < 1.29 is 22.8 Å². The number of rotatable bonds is 5. The smallest absolute Gasteiger partial charge is 0.384 e. The molecule has 162 valence electrons. The third-order valence-electron chi connectivity index (χ3n) is 3.79. The molecule has 0 saturated heterocycles. The van der Waals surface area contributed by atoms with E-state index < -0.39 is 34.6 Å². The van der Waals surface area contributed by atoms with Crippen LogP contribution in [0.2, 0.25) is 5.02 Å². The van der Waals surface area contributed by atoms with Crippen LogP contribution in [0.5, 0.6) is 0 Å². The predicted octanol–water partition coefficient (Wildman–Crippen LogP) is 3.33. The van der Waals surface area contributed by atoms with Crippen LogP contribution in [0.25, 0.3) is 0 Å². The molecule has 3 rings (SSSR count). The highest BCUT2D eigenvalue weighted by molar-refractivity contribution is 7.13. The molecule has 9 nitrogen and oxygen atoms in total. The molecule has 0 aliphatic heterocycles. The first-order chi connectivity index (χ1) is 14.5. The molecular weight excluding hydrogens is 459 g/mol. The summed E-state index contributed by atoms with van der Waals surface area (Å²) >= 11 is 6.46. The van der Waals surface area contributed by atoms with Gasteiger partial charge in [-0.1, -0.05) is 11.6 Å². The van der Waals surface area contributed by atoms with Crippen LogP contribution in [0.4, 0.5) is 24.8 Å². The van der Waals surface area contributed by atoms with Gasteiger partial charge in [-0.2, -0.15) is 13.2 Å². The van der Waals surface area contributed by atoms with Gasteiger partial charge in [0.05, 0.1) is 22.8 Å². The SMILES string of the molecule is C[C@@H](NC(=O)c1cc(N)ncn1)c1ncc(C(=O)Nc2cc(C(F)(F)F)c(Cl)cn2)s1. The maximum atomic E-state index is 12.9. The standard InChI is InChI=1S/C17H13ClF3N7O2S/c1-7(27-14(29)10-3-12(22)26-6-25-10)16-24-5-11(31-16)15(30)28-13-2-8(17(19,20)21)9(18)4-23-13/h2-7H,1H3,(H,27,29)(H2,22,25,26)(H,23,28,30)/t7-/m1/s1. The van der Waals surface area contributed by atoms with Crippen LogP contribution in [0, 0.1) is 0 Å². The zero-order valence-corrected chi connectivity index (χ0v) is 17.1. The number of carbonyl (C=O) groups excluding carboxylic acids is 2. The Bertz CT molecular complexity index is 1140. The van der Waals surface area contributed by atoms with Gasteiger partial charge >= 0.3 is 6.18 Å². The minimum atomic E-state index is -4.70. The topological polar surface area (TPSA) is 136 Å². The van der Waals surface area contributed by atoms with Crippen LogP contribution < -0.4 is 16.4 Å². The molecule has 0 saturated carbocycles. The average molecular weight is 472 g/mol. The lowest BCUT2D eigenvalue weighted by Gasteiger charge is -2.11. The number of pyridine rings is 1. The van der Waals surface area contributed by atoms with E-state index >= 15 is 0 Å². The molecule has 3 aromatic rings. The van der Waals surface area contributed by atoms with Crippen LogP contribution >= 0.6 is 22.9 Å². The van der Waals surface area contributed by atoms with Crippen LogP contribution in [-0.2, 0) is 6.18 Å². The van der Waals surface area contributed by atoms with E-state index in [4.69, 9.17) is 17.3 Å². The molecule has 0 radical (unpaired) electrons. The first kappa shape index (κ1) is 22.4. The number of nitrogens with two attached hydrogens (primary N) is 1. The predicted molar refractivity (Wildman–Crippen MR) is 107 cm³/mol. The van der Waals surface area contributed by atoms with Crippen LogP contribution in [-0.4, -0.2) is 31.8 Å². The van der Waals surface area contributed by atoms with Crippen LogP contribution in [0.1, 0.15) is 43.7 Å². The fraction of sp³-hybridized carbons (Fsp3) is 0.176. The van der Waals surface area contributed by atoms with E-state index in [1.165, 1.54) is 12.3 Å². The van der Waals surface area contributed by atoms with Gasteiger partial charge in [0.25, 0.3) is 11.8 Å². The summed E-state index contributed by atoms with van der Waals surface area (Å²) in [5, 5.41) is 4.72. The second kappa shape index (κ2) is 8.81. The van der Waals surface area contributed by atoms with Gasteiger partial charge in [-0.05, 0) is 13.0 Å². The number of carbonyl (C=O) groups is 2. The summed E-state index contributed by atoms with van der Waals surface area (Å²) in [6, 6.07) is 1.36. The van der Waals surface area contributed by atoms with Crippen LogP contribution in [0.3, 0.4) is 0 Å². The van der Waals surface area contributed by atoms with E-state index in [9.17, 15) is 22.8 Å². The van der Waals surface area contributed by atoms with E-state index in [-0.39, 0.29) is 22.2 Å². The number of nitrogens with zero attached hydrogens (tertiary/aromatic N) is 4. The lowest BCUT2D eigenvalue weighted by molar-refractivity contribution is -0.137. The van der Waals surface area contributed by atoms with Crippen LogP contribution in [0.15, 0.2) is 30.9 Å². The fourth-order valence-electron chi connectivity index (χ4n) is 2.32. The summed E-state index contributed by atoms with van der Waals surface area (Å²) in [5.41, 5.74) is 4.46. The summed E-state index contributed by atoms with van der Waals surface area (Å²) in [6.07, 6.45) is -1.51. The van der Waals surface area contributed by atoms with E-state index in [1.54, 1.807) is 6.92 Å². The van der Waals surface area contributed by atoms with Crippen molar-refractivity contribution >= 4 is 46.4 Å². The summed E-state index contributed by atoms with van der Waals surface area (Å²) < 4.78 is 38.8. The molecule has 0 bridgehead atoms. The fourth-order valence-corrected chi connectivity index (χ4v) is 3.35. The molecule has 0 spiro atoms. The number of halogens is 4. The number of alkyl halides is 3. The monoisotopic (exact) mass is 471 g/mol. The summed E-state index contributed by atoms with van der Waals surface area (Å²) in [6.45, 7) is 1.64. The third kappa shape index (κ3) is 5.44. The Labute approximate surface area is 181 Å². The summed E-state index contributed by atoms with van der Waals surface area (Å²) in [4.78, 5) is 40.0. The highest BCUT2D eigenvalue weighted by Crippen LogP contribution is 2.35. The first-order valence-electron chi connectivity index (χ1n) is 8.43. The number of thiazole rings is 1. The quantitative estimate of drug-likeness (QED) is 0.519. The van der Waals surface area contributed by atoms with Crippen molar-refractivity contribution in [1.29, 1.82) is 0 Å².